The highest BCUT2D eigenvalue weighted by Crippen LogP contribution is 2.52. The van der Waals surface area contributed by atoms with Crippen LogP contribution in [0.1, 0.15) is 26.7 Å². The molecule has 0 amide bonds. The van der Waals surface area contributed by atoms with Crippen molar-refractivity contribution in [2.45, 2.75) is 32.8 Å². The highest BCUT2D eigenvalue weighted by molar-refractivity contribution is 5.97. The van der Waals surface area contributed by atoms with Crippen LogP contribution in [0.2, 0.25) is 0 Å². The monoisotopic (exact) mass is 246 g/mol. The molecule has 0 unspecified atom stereocenters. The van der Waals surface area contributed by atoms with Crippen LogP contribution < -0.4 is 0 Å². The molecular weight excluding hydrogens is 228 g/mol. The molecule has 1 aliphatic heterocycles. The number of ether oxygens (including phenoxy) is 1. The van der Waals surface area contributed by atoms with Gasteiger partial charge in [-0.05, 0) is 24.8 Å². The molecule has 18 heavy (non-hydrogen) atoms. The lowest BCUT2D eigenvalue weighted by Crippen LogP contribution is -2.35. The molecule has 0 aromatic carbocycles. The van der Waals surface area contributed by atoms with Crippen LogP contribution in [0.4, 0.5) is 0 Å². The Labute approximate surface area is 107 Å². The Bertz CT molecular complexity index is 476. The summed E-state index contributed by atoms with van der Waals surface area (Å²) >= 11 is 0. The topological polar surface area (TPSA) is 43.4 Å². The summed E-state index contributed by atoms with van der Waals surface area (Å²) in [5, 5.41) is 0. The number of rotatable bonds is 0. The third-order valence-corrected chi connectivity index (χ3v) is 5.16. The molecule has 3 aliphatic rings. The van der Waals surface area contributed by atoms with E-state index in [0.717, 1.165) is 12.8 Å². The highest BCUT2D eigenvalue weighted by atomic mass is 16.6. The van der Waals surface area contributed by atoms with Crippen molar-refractivity contribution in [1.82, 2.24) is 0 Å². The molecule has 96 valence electrons. The van der Waals surface area contributed by atoms with E-state index >= 15 is 0 Å². The number of fused-ring (bicyclic) bond motifs is 2. The Balaban J connectivity index is 1.99. The minimum Gasteiger partial charge on any atom is -0.458 e. The van der Waals surface area contributed by atoms with Gasteiger partial charge in [0.25, 0.3) is 0 Å². The average Bonchev–Trinajstić information content (AvgIpc) is 2.74. The number of hydrogen-bond donors (Lipinski definition) is 0. The Morgan fingerprint density at radius 3 is 2.89 bits per heavy atom. The summed E-state index contributed by atoms with van der Waals surface area (Å²) in [5.41, 5.74) is 0.281. The van der Waals surface area contributed by atoms with Gasteiger partial charge in [-0.1, -0.05) is 26.5 Å². The van der Waals surface area contributed by atoms with Gasteiger partial charge in [0.05, 0.1) is 0 Å². The van der Waals surface area contributed by atoms with Gasteiger partial charge in [-0.15, -0.1) is 0 Å². The van der Waals surface area contributed by atoms with Gasteiger partial charge < -0.3 is 4.74 Å². The fraction of sp³-hybridized carbons (Fsp3) is 0.600. The van der Waals surface area contributed by atoms with Gasteiger partial charge in [0.15, 0.2) is 5.78 Å². The van der Waals surface area contributed by atoms with Crippen LogP contribution in [0, 0.1) is 23.2 Å². The Morgan fingerprint density at radius 2 is 2.17 bits per heavy atom. The minimum atomic E-state index is -0.309. The summed E-state index contributed by atoms with van der Waals surface area (Å²) in [5.74, 6) is 0.410. The van der Waals surface area contributed by atoms with Gasteiger partial charge in [0, 0.05) is 22.8 Å². The number of carbonyl (C=O) groups is 2. The predicted molar refractivity (Wildman–Crippen MR) is 66.7 cm³/mol. The molecule has 0 bridgehead atoms. The molecule has 0 aromatic heterocycles. The van der Waals surface area contributed by atoms with E-state index < -0.39 is 0 Å². The molecule has 0 N–H and O–H groups in total. The maximum Gasteiger partial charge on any atom is 0.334 e. The molecule has 3 heteroatoms. The molecule has 0 radical (unpaired) electrons. The molecule has 1 heterocycles. The van der Waals surface area contributed by atoms with Crippen molar-refractivity contribution in [2.24, 2.45) is 23.2 Å². The van der Waals surface area contributed by atoms with Gasteiger partial charge >= 0.3 is 5.97 Å². The Morgan fingerprint density at radius 1 is 1.44 bits per heavy atom. The van der Waals surface area contributed by atoms with Gasteiger partial charge in [-0.25, -0.2) is 4.79 Å². The lowest BCUT2D eigenvalue weighted by atomic mass is 9.71. The highest BCUT2D eigenvalue weighted by Gasteiger charge is 2.54. The predicted octanol–water partition coefficient (Wildman–Crippen LogP) is 2.28. The van der Waals surface area contributed by atoms with Gasteiger partial charge in [0.2, 0.25) is 0 Å². The zero-order valence-electron chi connectivity index (χ0n) is 10.8. The van der Waals surface area contributed by atoms with Crippen molar-refractivity contribution < 1.29 is 14.3 Å². The van der Waals surface area contributed by atoms with Crippen molar-refractivity contribution in [1.29, 1.82) is 0 Å². The number of hydrogen-bond acceptors (Lipinski definition) is 3. The zero-order chi connectivity index (χ0) is 13.1. The number of ketones is 1. The standard InChI is InChI=1S/C15H18O3/c1-8-10-6-7-15(3)11(4-5-12(15)16)9(2)13(10)18-14(8)17/h4-5,9-11,13H,1,6-7H2,2-3H3/t9-,10+,11-,13+,15-/m0/s1. The van der Waals surface area contributed by atoms with Crippen LogP contribution in [0.3, 0.4) is 0 Å². The molecule has 2 fully saturated rings. The summed E-state index contributed by atoms with van der Waals surface area (Å²) < 4.78 is 5.47. The number of allylic oxidation sites excluding steroid dienone is 2. The van der Waals surface area contributed by atoms with Crippen LogP contribution in [0.5, 0.6) is 0 Å². The lowest BCUT2D eigenvalue weighted by molar-refractivity contribution is -0.142. The van der Waals surface area contributed by atoms with E-state index in [4.69, 9.17) is 4.74 Å². The number of esters is 1. The molecule has 0 aromatic rings. The fourth-order valence-corrected chi connectivity index (χ4v) is 3.91. The van der Waals surface area contributed by atoms with Gasteiger partial charge in [-0.3, -0.25) is 4.79 Å². The second-order valence-corrected chi connectivity index (χ2v) is 6.07. The molecular formula is C15H18O3. The summed E-state index contributed by atoms with van der Waals surface area (Å²) in [6.45, 7) is 7.98. The van der Waals surface area contributed by atoms with Crippen molar-refractivity contribution in [2.75, 3.05) is 0 Å². The first kappa shape index (κ1) is 11.7. The van der Waals surface area contributed by atoms with E-state index in [2.05, 4.69) is 13.5 Å². The fourth-order valence-electron chi connectivity index (χ4n) is 3.91. The van der Waals surface area contributed by atoms with Crippen LogP contribution in [0.25, 0.3) is 0 Å². The van der Waals surface area contributed by atoms with E-state index in [1.807, 2.05) is 13.0 Å². The molecule has 3 rings (SSSR count). The largest absolute Gasteiger partial charge is 0.458 e. The Hall–Kier alpha value is -1.38. The maximum absolute atomic E-state index is 12.1. The quantitative estimate of drug-likeness (QED) is 0.486. The SMILES string of the molecule is C=C1C(=O)O[C@@H]2[C@@H](C)[C@@H]3C=CC(=O)[C@@]3(C)CC[C@H]12. The summed E-state index contributed by atoms with van der Waals surface area (Å²) in [6.07, 6.45) is 5.23. The van der Waals surface area contributed by atoms with Gasteiger partial charge in [-0.2, -0.15) is 0 Å². The molecule has 3 nitrogen and oxygen atoms in total. The second kappa shape index (κ2) is 3.56. The maximum atomic E-state index is 12.1. The summed E-state index contributed by atoms with van der Waals surface area (Å²) in [4.78, 5) is 23.7. The molecule has 0 spiro atoms. The third-order valence-electron chi connectivity index (χ3n) is 5.16. The average molecular weight is 246 g/mol. The first-order chi connectivity index (χ1) is 8.45. The van der Waals surface area contributed by atoms with Crippen LogP contribution in [-0.4, -0.2) is 17.9 Å². The Kier molecular flexibility index (Phi) is 2.31. The van der Waals surface area contributed by atoms with E-state index in [1.165, 1.54) is 0 Å². The summed E-state index contributed by atoms with van der Waals surface area (Å²) in [7, 11) is 0. The third kappa shape index (κ3) is 1.30. The van der Waals surface area contributed by atoms with Gasteiger partial charge in [0.1, 0.15) is 6.10 Å². The minimum absolute atomic E-state index is 0.0936. The van der Waals surface area contributed by atoms with Crippen LogP contribution >= 0.6 is 0 Å². The van der Waals surface area contributed by atoms with Crippen LogP contribution in [-0.2, 0) is 14.3 Å². The normalized spacial score (nSPS) is 46.7. The smallest absolute Gasteiger partial charge is 0.334 e. The second-order valence-electron chi connectivity index (χ2n) is 6.07. The van der Waals surface area contributed by atoms with Crippen molar-refractivity contribution in [3.05, 3.63) is 24.3 Å². The van der Waals surface area contributed by atoms with E-state index in [9.17, 15) is 9.59 Å². The molecule has 1 saturated carbocycles. The molecule has 1 saturated heterocycles. The number of carbonyl (C=O) groups excluding carboxylic acids is 2. The van der Waals surface area contributed by atoms with Crippen molar-refractivity contribution in [3.8, 4) is 0 Å². The first-order valence-corrected chi connectivity index (χ1v) is 6.57. The van der Waals surface area contributed by atoms with Crippen molar-refractivity contribution >= 4 is 11.8 Å². The molecule has 2 aliphatic carbocycles. The van der Waals surface area contributed by atoms with E-state index in [1.54, 1.807) is 6.08 Å². The van der Waals surface area contributed by atoms with Crippen LogP contribution in [0.15, 0.2) is 24.3 Å². The summed E-state index contributed by atoms with van der Waals surface area (Å²) in [6, 6.07) is 0. The van der Waals surface area contributed by atoms with E-state index in [-0.39, 0.29) is 41.0 Å². The van der Waals surface area contributed by atoms with E-state index in [0.29, 0.717) is 5.57 Å². The van der Waals surface area contributed by atoms with Crippen molar-refractivity contribution in [3.63, 3.8) is 0 Å². The zero-order valence-corrected chi connectivity index (χ0v) is 10.8. The first-order valence-electron chi connectivity index (χ1n) is 6.57. The lowest BCUT2D eigenvalue weighted by Gasteiger charge is -2.32. The molecule has 5 atom stereocenters.